The molecule has 2 bridgehead atoms. The van der Waals surface area contributed by atoms with Gasteiger partial charge >= 0.3 is 0 Å². The molecule has 10 heavy (non-hydrogen) atoms. The Morgan fingerprint density at radius 3 is 2.20 bits per heavy atom. The molecule has 2 unspecified atom stereocenters. The molecule has 0 radical (unpaired) electrons. The Kier molecular flexibility index (Phi) is 1.66. The summed E-state index contributed by atoms with van der Waals surface area (Å²) in [5.41, 5.74) is 0. The van der Waals surface area contributed by atoms with E-state index in [1.54, 1.807) is 0 Å². The van der Waals surface area contributed by atoms with Crippen LogP contribution < -0.4 is 5.32 Å². The van der Waals surface area contributed by atoms with Crippen molar-refractivity contribution in [1.82, 2.24) is 5.32 Å². The van der Waals surface area contributed by atoms with E-state index in [9.17, 15) is 5.11 Å². The van der Waals surface area contributed by atoms with E-state index in [2.05, 4.69) is 5.32 Å². The first-order chi connectivity index (χ1) is 4.84. The fourth-order valence-electron chi connectivity index (χ4n) is 2.35. The molecular formula is C8H15NO. The van der Waals surface area contributed by atoms with E-state index in [0.717, 1.165) is 37.8 Å². The summed E-state index contributed by atoms with van der Waals surface area (Å²) >= 11 is 0. The molecular weight excluding hydrogens is 126 g/mol. The van der Waals surface area contributed by atoms with Crippen molar-refractivity contribution in [2.24, 2.45) is 11.8 Å². The SMILES string of the molecule is OC1CC2CNCC(C1)C2. The van der Waals surface area contributed by atoms with Gasteiger partial charge in [0, 0.05) is 0 Å². The van der Waals surface area contributed by atoms with E-state index in [-0.39, 0.29) is 6.10 Å². The fourth-order valence-corrected chi connectivity index (χ4v) is 2.35. The maximum Gasteiger partial charge on any atom is 0.0546 e. The monoisotopic (exact) mass is 141 g/mol. The highest BCUT2D eigenvalue weighted by Crippen LogP contribution is 2.30. The van der Waals surface area contributed by atoms with Gasteiger partial charge < -0.3 is 10.4 Å². The normalized spacial score (nSPS) is 47.1. The molecule has 0 spiro atoms. The van der Waals surface area contributed by atoms with E-state index in [0.29, 0.717) is 0 Å². The minimum absolute atomic E-state index is 0.00542. The van der Waals surface area contributed by atoms with Crippen molar-refractivity contribution in [3.63, 3.8) is 0 Å². The highest BCUT2D eigenvalue weighted by atomic mass is 16.3. The van der Waals surface area contributed by atoms with E-state index in [1.165, 1.54) is 6.42 Å². The van der Waals surface area contributed by atoms with E-state index in [4.69, 9.17) is 0 Å². The van der Waals surface area contributed by atoms with Crippen molar-refractivity contribution in [2.45, 2.75) is 25.4 Å². The van der Waals surface area contributed by atoms with E-state index < -0.39 is 0 Å². The zero-order valence-electron chi connectivity index (χ0n) is 6.21. The summed E-state index contributed by atoms with van der Waals surface area (Å²) in [6, 6.07) is 0. The summed E-state index contributed by atoms with van der Waals surface area (Å²) in [4.78, 5) is 0. The van der Waals surface area contributed by atoms with Crippen LogP contribution in [0, 0.1) is 11.8 Å². The van der Waals surface area contributed by atoms with Gasteiger partial charge in [0.15, 0.2) is 0 Å². The summed E-state index contributed by atoms with van der Waals surface area (Å²) in [5.74, 6) is 1.53. The highest BCUT2D eigenvalue weighted by Gasteiger charge is 2.30. The summed E-state index contributed by atoms with van der Waals surface area (Å²) in [7, 11) is 0. The minimum Gasteiger partial charge on any atom is -0.393 e. The number of nitrogens with one attached hydrogen (secondary N) is 1. The van der Waals surface area contributed by atoms with Crippen LogP contribution in [0.5, 0.6) is 0 Å². The Balaban J connectivity index is 1.98. The smallest absolute Gasteiger partial charge is 0.0546 e. The summed E-state index contributed by atoms with van der Waals surface area (Å²) in [6.45, 7) is 2.26. The molecule has 1 aliphatic carbocycles. The number of aliphatic hydroxyl groups excluding tert-OH is 1. The van der Waals surface area contributed by atoms with Crippen LogP contribution in [0.4, 0.5) is 0 Å². The molecule has 58 valence electrons. The van der Waals surface area contributed by atoms with Crippen LogP contribution in [-0.4, -0.2) is 24.3 Å². The third-order valence-electron chi connectivity index (χ3n) is 2.74. The second-order valence-corrected chi connectivity index (χ2v) is 3.75. The molecule has 0 aromatic rings. The average molecular weight is 141 g/mol. The van der Waals surface area contributed by atoms with Crippen LogP contribution in [0.25, 0.3) is 0 Å². The van der Waals surface area contributed by atoms with Crippen molar-refractivity contribution >= 4 is 0 Å². The zero-order valence-corrected chi connectivity index (χ0v) is 6.21. The Labute approximate surface area is 61.6 Å². The van der Waals surface area contributed by atoms with Crippen molar-refractivity contribution in [3.05, 3.63) is 0 Å². The molecule has 0 aromatic carbocycles. The highest BCUT2D eigenvalue weighted by molar-refractivity contribution is 4.84. The lowest BCUT2D eigenvalue weighted by molar-refractivity contribution is 0.0535. The lowest BCUT2D eigenvalue weighted by atomic mass is 9.77. The first-order valence-corrected chi connectivity index (χ1v) is 4.23. The van der Waals surface area contributed by atoms with Gasteiger partial charge in [-0.25, -0.2) is 0 Å². The number of hydrogen-bond acceptors (Lipinski definition) is 2. The molecule has 2 heteroatoms. The first-order valence-electron chi connectivity index (χ1n) is 4.23. The molecule has 2 N–H and O–H groups in total. The number of aliphatic hydroxyl groups is 1. The van der Waals surface area contributed by atoms with Crippen molar-refractivity contribution in [2.75, 3.05) is 13.1 Å². The molecule has 0 amide bonds. The average Bonchev–Trinajstić information content (AvgIpc) is 1.85. The van der Waals surface area contributed by atoms with Crippen LogP contribution in [0.2, 0.25) is 0 Å². The topological polar surface area (TPSA) is 32.3 Å². The van der Waals surface area contributed by atoms with Gasteiger partial charge in [0.25, 0.3) is 0 Å². The van der Waals surface area contributed by atoms with Gasteiger partial charge in [0.1, 0.15) is 0 Å². The lowest BCUT2D eigenvalue weighted by Gasteiger charge is -2.37. The lowest BCUT2D eigenvalue weighted by Crippen LogP contribution is -2.42. The van der Waals surface area contributed by atoms with Crippen LogP contribution in [0.15, 0.2) is 0 Å². The van der Waals surface area contributed by atoms with E-state index >= 15 is 0 Å². The number of fused-ring (bicyclic) bond motifs is 2. The largest absolute Gasteiger partial charge is 0.393 e. The molecule has 2 aliphatic rings. The van der Waals surface area contributed by atoms with Crippen LogP contribution in [-0.2, 0) is 0 Å². The summed E-state index contributed by atoms with van der Waals surface area (Å²) in [6.07, 6.45) is 3.42. The third kappa shape index (κ3) is 1.18. The molecule has 1 saturated heterocycles. The summed E-state index contributed by atoms with van der Waals surface area (Å²) in [5, 5.41) is 12.8. The van der Waals surface area contributed by atoms with Gasteiger partial charge in [-0.2, -0.15) is 0 Å². The van der Waals surface area contributed by atoms with Crippen LogP contribution >= 0.6 is 0 Å². The Morgan fingerprint density at radius 2 is 1.60 bits per heavy atom. The van der Waals surface area contributed by atoms with E-state index in [1.807, 2.05) is 0 Å². The second kappa shape index (κ2) is 2.51. The summed E-state index contributed by atoms with van der Waals surface area (Å²) < 4.78 is 0. The molecule has 2 atom stereocenters. The first kappa shape index (κ1) is 6.62. The van der Waals surface area contributed by atoms with Gasteiger partial charge in [-0.1, -0.05) is 0 Å². The molecule has 1 heterocycles. The molecule has 1 saturated carbocycles. The quantitative estimate of drug-likeness (QED) is 0.510. The Hall–Kier alpha value is -0.0800. The molecule has 1 aliphatic heterocycles. The number of piperidine rings is 1. The second-order valence-electron chi connectivity index (χ2n) is 3.75. The van der Waals surface area contributed by atoms with Crippen LogP contribution in [0.3, 0.4) is 0 Å². The van der Waals surface area contributed by atoms with Gasteiger partial charge in [0.2, 0.25) is 0 Å². The van der Waals surface area contributed by atoms with Crippen molar-refractivity contribution < 1.29 is 5.11 Å². The van der Waals surface area contributed by atoms with Gasteiger partial charge in [0.05, 0.1) is 6.10 Å². The fraction of sp³-hybridized carbons (Fsp3) is 1.00. The standard InChI is InChI=1S/C8H15NO/c10-8-2-6-1-7(3-8)5-9-4-6/h6-10H,1-5H2. The maximum absolute atomic E-state index is 9.39. The zero-order chi connectivity index (χ0) is 6.97. The Bertz CT molecular complexity index is 110. The minimum atomic E-state index is 0.00542. The van der Waals surface area contributed by atoms with Gasteiger partial charge in [-0.05, 0) is 44.2 Å². The van der Waals surface area contributed by atoms with Gasteiger partial charge in [-0.15, -0.1) is 0 Å². The molecule has 2 rings (SSSR count). The Morgan fingerprint density at radius 1 is 1.00 bits per heavy atom. The number of hydrogen-bond donors (Lipinski definition) is 2. The predicted molar refractivity (Wildman–Crippen MR) is 39.7 cm³/mol. The van der Waals surface area contributed by atoms with Gasteiger partial charge in [-0.3, -0.25) is 0 Å². The number of rotatable bonds is 0. The molecule has 2 nitrogen and oxygen atoms in total. The van der Waals surface area contributed by atoms with Crippen molar-refractivity contribution in [1.29, 1.82) is 0 Å². The maximum atomic E-state index is 9.39. The molecule has 2 fully saturated rings. The molecule has 0 aromatic heterocycles. The predicted octanol–water partition coefficient (Wildman–Crippen LogP) is 0.367. The van der Waals surface area contributed by atoms with Crippen LogP contribution in [0.1, 0.15) is 19.3 Å². The van der Waals surface area contributed by atoms with Crippen molar-refractivity contribution in [3.8, 4) is 0 Å². The third-order valence-corrected chi connectivity index (χ3v) is 2.74.